The number of esters is 1. The second-order valence-electron chi connectivity index (χ2n) is 3.91. The highest BCUT2D eigenvalue weighted by Crippen LogP contribution is 2.05. The fourth-order valence-corrected chi connectivity index (χ4v) is 0.753. The molecule has 0 bridgehead atoms. The first-order valence-corrected chi connectivity index (χ1v) is 4.77. The maximum atomic E-state index is 10.4. The van der Waals surface area contributed by atoms with E-state index in [0.29, 0.717) is 26.4 Å². The minimum Gasteiger partial charge on any atom is -0.463 e. The Morgan fingerprint density at radius 3 is 2.14 bits per heavy atom. The van der Waals surface area contributed by atoms with E-state index in [1.165, 1.54) is 6.92 Å². The van der Waals surface area contributed by atoms with Crippen LogP contribution in [0.5, 0.6) is 0 Å². The Labute approximate surface area is 85.5 Å². The Morgan fingerprint density at radius 1 is 1.07 bits per heavy atom. The Balaban J connectivity index is 3.11. The number of hydrogen-bond acceptors (Lipinski definition) is 4. The number of rotatable bonds is 6. The van der Waals surface area contributed by atoms with Gasteiger partial charge in [-0.25, -0.2) is 0 Å². The van der Waals surface area contributed by atoms with Crippen molar-refractivity contribution in [1.82, 2.24) is 0 Å². The number of carbonyl (C=O) groups is 1. The van der Waals surface area contributed by atoms with Crippen molar-refractivity contribution >= 4 is 5.97 Å². The van der Waals surface area contributed by atoms with Crippen LogP contribution < -0.4 is 0 Å². The van der Waals surface area contributed by atoms with Gasteiger partial charge in [-0.05, 0) is 20.8 Å². The summed E-state index contributed by atoms with van der Waals surface area (Å²) in [5.41, 5.74) is -0.126. The predicted octanol–water partition coefficient (Wildman–Crippen LogP) is 1.38. The van der Waals surface area contributed by atoms with Gasteiger partial charge in [0.15, 0.2) is 0 Å². The summed E-state index contributed by atoms with van der Waals surface area (Å²) in [5.74, 6) is -0.278. The lowest BCUT2D eigenvalue weighted by molar-refractivity contribution is -0.142. The quantitative estimate of drug-likeness (QED) is 0.484. The van der Waals surface area contributed by atoms with Gasteiger partial charge in [0.25, 0.3) is 0 Å². The summed E-state index contributed by atoms with van der Waals surface area (Å²) in [6.45, 7) is 9.17. The summed E-state index contributed by atoms with van der Waals surface area (Å²) in [7, 11) is 0. The molecule has 0 atom stereocenters. The maximum Gasteiger partial charge on any atom is 0.302 e. The fraction of sp³-hybridized carbons (Fsp3) is 0.900. The molecule has 0 radical (unpaired) electrons. The molecule has 4 heteroatoms. The van der Waals surface area contributed by atoms with Gasteiger partial charge in [0.05, 0.1) is 25.4 Å². The average Bonchev–Trinajstić information content (AvgIpc) is 2.00. The van der Waals surface area contributed by atoms with Gasteiger partial charge in [0.1, 0.15) is 6.61 Å². The molecule has 0 aliphatic heterocycles. The molecular formula is C10H20O4. The molecular weight excluding hydrogens is 184 g/mol. The van der Waals surface area contributed by atoms with E-state index >= 15 is 0 Å². The first-order chi connectivity index (χ1) is 6.42. The molecule has 0 saturated heterocycles. The zero-order chi connectivity index (χ0) is 11.0. The lowest BCUT2D eigenvalue weighted by Crippen LogP contribution is -2.22. The third-order valence-corrected chi connectivity index (χ3v) is 1.30. The van der Waals surface area contributed by atoms with Gasteiger partial charge in [-0.15, -0.1) is 0 Å². The summed E-state index contributed by atoms with van der Waals surface area (Å²) < 4.78 is 15.3. The van der Waals surface area contributed by atoms with E-state index in [1.807, 2.05) is 20.8 Å². The van der Waals surface area contributed by atoms with E-state index in [-0.39, 0.29) is 11.6 Å². The van der Waals surface area contributed by atoms with Crippen LogP contribution in [0.3, 0.4) is 0 Å². The fourth-order valence-electron chi connectivity index (χ4n) is 0.753. The van der Waals surface area contributed by atoms with Crippen LogP contribution in [0.4, 0.5) is 0 Å². The van der Waals surface area contributed by atoms with Gasteiger partial charge in [-0.1, -0.05) is 0 Å². The third-order valence-electron chi connectivity index (χ3n) is 1.30. The van der Waals surface area contributed by atoms with Gasteiger partial charge in [-0.2, -0.15) is 0 Å². The Hall–Kier alpha value is -0.610. The Bertz CT molecular complexity index is 160. The van der Waals surface area contributed by atoms with Crippen LogP contribution in [0, 0.1) is 0 Å². The molecule has 0 aromatic heterocycles. The van der Waals surface area contributed by atoms with Crippen molar-refractivity contribution < 1.29 is 19.0 Å². The molecule has 14 heavy (non-hydrogen) atoms. The Morgan fingerprint density at radius 2 is 1.64 bits per heavy atom. The molecule has 0 rings (SSSR count). The second-order valence-corrected chi connectivity index (χ2v) is 3.91. The van der Waals surface area contributed by atoms with E-state index in [9.17, 15) is 4.79 Å². The van der Waals surface area contributed by atoms with Crippen molar-refractivity contribution in [3.63, 3.8) is 0 Å². The zero-order valence-electron chi connectivity index (χ0n) is 9.46. The average molecular weight is 204 g/mol. The summed E-state index contributed by atoms with van der Waals surface area (Å²) >= 11 is 0. The van der Waals surface area contributed by atoms with Crippen LogP contribution in [-0.4, -0.2) is 38.0 Å². The van der Waals surface area contributed by atoms with E-state index < -0.39 is 0 Å². The molecule has 4 nitrogen and oxygen atoms in total. The number of ether oxygens (including phenoxy) is 3. The third kappa shape index (κ3) is 11.4. The lowest BCUT2D eigenvalue weighted by Gasteiger charge is -2.19. The Kier molecular flexibility index (Phi) is 6.49. The standard InChI is InChI=1S/C10H20O4/c1-9(11)13-7-5-12-6-8-14-10(2,3)4/h5-8H2,1-4H3. The maximum absolute atomic E-state index is 10.4. The SMILES string of the molecule is CC(=O)OCCOCCOC(C)(C)C. The van der Waals surface area contributed by atoms with E-state index in [4.69, 9.17) is 9.47 Å². The van der Waals surface area contributed by atoms with Gasteiger partial charge in [0.2, 0.25) is 0 Å². The smallest absolute Gasteiger partial charge is 0.302 e. The van der Waals surface area contributed by atoms with Crippen molar-refractivity contribution in [2.75, 3.05) is 26.4 Å². The highest BCUT2D eigenvalue weighted by atomic mass is 16.6. The van der Waals surface area contributed by atoms with Crippen molar-refractivity contribution in [1.29, 1.82) is 0 Å². The highest BCUT2D eigenvalue weighted by molar-refractivity contribution is 5.65. The van der Waals surface area contributed by atoms with E-state index in [1.54, 1.807) is 0 Å². The molecule has 0 aromatic carbocycles. The monoisotopic (exact) mass is 204 g/mol. The van der Waals surface area contributed by atoms with Crippen LogP contribution in [-0.2, 0) is 19.0 Å². The zero-order valence-corrected chi connectivity index (χ0v) is 9.46. The van der Waals surface area contributed by atoms with Gasteiger partial charge in [0, 0.05) is 6.92 Å². The van der Waals surface area contributed by atoms with Crippen LogP contribution >= 0.6 is 0 Å². The van der Waals surface area contributed by atoms with E-state index in [2.05, 4.69) is 4.74 Å². The molecule has 0 aliphatic rings. The molecule has 0 aromatic rings. The normalized spacial score (nSPS) is 11.4. The summed E-state index contributed by atoms with van der Waals surface area (Å²) in [6.07, 6.45) is 0. The molecule has 0 fully saturated rings. The van der Waals surface area contributed by atoms with Crippen molar-refractivity contribution in [2.24, 2.45) is 0 Å². The van der Waals surface area contributed by atoms with Gasteiger partial charge < -0.3 is 14.2 Å². The topological polar surface area (TPSA) is 44.8 Å². The first kappa shape index (κ1) is 13.4. The molecule has 0 spiro atoms. The lowest BCUT2D eigenvalue weighted by atomic mass is 10.2. The van der Waals surface area contributed by atoms with Gasteiger partial charge in [-0.3, -0.25) is 4.79 Å². The molecule has 84 valence electrons. The first-order valence-electron chi connectivity index (χ1n) is 4.77. The molecule has 0 amide bonds. The van der Waals surface area contributed by atoms with Crippen molar-refractivity contribution in [2.45, 2.75) is 33.3 Å². The van der Waals surface area contributed by atoms with Crippen LogP contribution in [0.1, 0.15) is 27.7 Å². The highest BCUT2D eigenvalue weighted by Gasteiger charge is 2.08. The minimum absolute atomic E-state index is 0.126. The molecule has 0 saturated carbocycles. The number of hydrogen-bond donors (Lipinski definition) is 0. The van der Waals surface area contributed by atoms with E-state index in [0.717, 1.165) is 0 Å². The predicted molar refractivity (Wildman–Crippen MR) is 53.2 cm³/mol. The van der Waals surface area contributed by atoms with Crippen LogP contribution in [0.2, 0.25) is 0 Å². The largest absolute Gasteiger partial charge is 0.463 e. The summed E-state index contributed by atoms with van der Waals surface area (Å²) in [6, 6.07) is 0. The summed E-state index contributed by atoms with van der Waals surface area (Å²) in [4.78, 5) is 10.4. The van der Waals surface area contributed by atoms with Crippen molar-refractivity contribution in [3.8, 4) is 0 Å². The number of carbonyl (C=O) groups excluding carboxylic acids is 1. The minimum atomic E-state index is -0.278. The molecule has 0 N–H and O–H groups in total. The van der Waals surface area contributed by atoms with Crippen LogP contribution in [0.15, 0.2) is 0 Å². The molecule has 0 heterocycles. The van der Waals surface area contributed by atoms with Crippen molar-refractivity contribution in [3.05, 3.63) is 0 Å². The summed E-state index contributed by atoms with van der Waals surface area (Å²) in [5, 5.41) is 0. The van der Waals surface area contributed by atoms with Crippen LogP contribution in [0.25, 0.3) is 0 Å². The molecule has 0 unspecified atom stereocenters. The second kappa shape index (κ2) is 6.79. The molecule has 0 aliphatic carbocycles. The van der Waals surface area contributed by atoms with Gasteiger partial charge >= 0.3 is 5.97 Å².